The molecule has 0 aliphatic heterocycles. The fourth-order valence-corrected chi connectivity index (χ4v) is 2.60. The highest BCUT2D eigenvalue weighted by Gasteiger charge is 2.45. The van der Waals surface area contributed by atoms with Crippen molar-refractivity contribution in [2.75, 3.05) is 6.61 Å². The van der Waals surface area contributed by atoms with Gasteiger partial charge < -0.3 is 5.11 Å². The van der Waals surface area contributed by atoms with E-state index in [0.717, 1.165) is 12.8 Å². The van der Waals surface area contributed by atoms with Gasteiger partial charge in [0.25, 0.3) is 0 Å². The SMILES string of the molecule is C=CC(C)(C)SC1(CO)CC1. The molecule has 1 aliphatic carbocycles. The molecule has 0 amide bonds. The van der Waals surface area contributed by atoms with E-state index in [1.165, 1.54) is 0 Å². The first-order valence-electron chi connectivity index (χ1n) is 3.98. The second kappa shape index (κ2) is 2.83. The van der Waals surface area contributed by atoms with Crippen LogP contribution in [0.25, 0.3) is 0 Å². The van der Waals surface area contributed by atoms with E-state index < -0.39 is 0 Å². The molecule has 2 heteroatoms. The van der Waals surface area contributed by atoms with Crippen molar-refractivity contribution >= 4 is 11.8 Å². The van der Waals surface area contributed by atoms with Crippen LogP contribution in [0.3, 0.4) is 0 Å². The van der Waals surface area contributed by atoms with Crippen LogP contribution < -0.4 is 0 Å². The Balaban J connectivity index is 2.47. The number of hydrogen-bond donors (Lipinski definition) is 1. The summed E-state index contributed by atoms with van der Waals surface area (Å²) in [4.78, 5) is 0. The molecule has 0 spiro atoms. The molecule has 1 nitrogen and oxygen atoms in total. The Hall–Kier alpha value is 0.0500. The van der Waals surface area contributed by atoms with Crippen molar-refractivity contribution in [3.8, 4) is 0 Å². The lowest BCUT2D eigenvalue weighted by Crippen LogP contribution is -2.20. The maximum atomic E-state index is 9.06. The van der Waals surface area contributed by atoms with Gasteiger partial charge in [-0.3, -0.25) is 0 Å². The third kappa shape index (κ3) is 2.24. The van der Waals surface area contributed by atoms with Gasteiger partial charge >= 0.3 is 0 Å². The fourth-order valence-electron chi connectivity index (χ4n) is 1.03. The Morgan fingerprint density at radius 3 is 2.45 bits per heavy atom. The number of hydrogen-bond acceptors (Lipinski definition) is 2. The summed E-state index contributed by atoms with van der Waals surface area (Å²) in [6.07, 6.45) is 4.27. The molecule has 0 unspecified atom stereocenters. The molecule has 64 valence electrons. The number of aliphatic hydroxyl groups is 1. The molecule has 0 atom stereocenters. The summed E-state index contributed by atoms with van der Waals surface area (Å²) in [5, 5.41) is 9.06. The van der Waals surface area contributed by atoms with E-state index >= 15 is 0 Å². The van der Waals surface area contributed by atoms with Crippen LogP contribution in [0.5, 0.6) is 0 Å². The van der Waals surface area contributed by atoms with Crippen LogP contribution in [0.2, 0.25) is 0 Å². The van der Waals surface area contributed by atoms with Crippen LogP contribution >= 0.6 is 11.8 Å². The summed E-state index contributed by atoms with van der Waals surface area (Å²) in [6.45, 7) is 8.37. The van der Waals surface area contributed by atoms with Crippen molar-refractivity contribution in [1.82, 2.24) is 0 Å². The molecule has 0 saturated heterocycles. The minimum atomic E-state index is 0.110. The third-order valence-corrected chi connectivity index (χ3v) is 3.73. The Labute approximate surface area is 72.9 Å². The molecule has 0 aromatic carbocycles. The first-order valence-corrected chi connectivity index (χ1v) is 4.80. The zero-order valence-corrected chi connectivity index (χ0v) is 8.08. The lowest BCUT2D eigenvalue weighted by Gasteiger charge is -2.24. The van der Waals surface area contributed by atoms with Gasteiger partial charge in [-0.25, -0.2) is 0 Å². The maximum Gasteiger partial charge on any atom is 0.0578 e. The molecule has 1 fully saturated rings. The minimum absolute atomic E-state index is 0.110. The maximum absolute atomic E-state index is 9.06. The average molecular weight is 172 g/mol. The van der Waals surface area contributed by atoms with Gasteiger partial charge in [-0.2, -0.15) is 0 Å². The lowest BCUT2D eigenvalue weighted by atomic mass is 10.2. The van der Waals surface area contributed by atoms with E-state index in [1.807, 2.05) is 17.8 Å². The van der Waals surface area contributed by atoms with Crippen molar-refractivity contribution in [3.63, 3.8) is 0 Å². The summed E-state index contributed by atoms with van der Waals surface area (Å²) in [5.41, 5.74) is 0. The van der Waals surface area contributed by atoms with Gasteiger partial charge in [0.1, 0.15) is 0 Å². The molecule has 1 saturated carbocycles. The largest absolute Gasteiger partial charge is 0.395 e. The van der Waals surface area contributed by atoms with E-state index in [9.17, 15) is 0 Å². The molecule has 0 aromatic rings. The highest BCUT2D eigenvalue weighted by Crippen LogP contribution is 2.53. The second-order valence-electron chi connectivity index (χ2n) is 3.75. The van der Waals surface area contributed by atoms with E-state index in [0.29, 0.717) is 6.61 Å². The normalized spacial score (nSPS) is 21.4. The van der Waals surface area contributed by atoms with E-state index in [2.05, 4.69) is 20.4 Å². The summed E-state index contributed by atoms with van der Waals surface area (Å²) < 4.78 is 0.289. The van der Waals surface area contributed by atoms with Gasteiger partial charge in [0.05, 0.1) is 6.61 Å². The fraction of sp³-hybridized carbons (Fsp3) is 0.778. The van der Waals surface area contributed by atoms with Crippen LogP contribution in [-0.4, -0.2) is 21.2 Å². The molecular weight excluding hydrogens is 156 g/mol. The van der Waals surface area contributed by atoms with E-state index in [-0.39, 0.29) is 9.49 Å². The average Bonchev–Trinajstić information content (AvgIpc) is 2.69. The quantitative estimate of drug-likeness (QED) is 0.656. The van der Waals surface area contributed by atoms with Gasteiger partial charge in [0, 0.05) is 9.49 Å². The third-order valence-electron chi connectivity index (χ3n) is 2.07. The van der Waals surface area contributed by atoms with Crippen LogP contribution in [0.4, 0.5) is 0 Å². The predicted molar refractivity (Wildman–Crippen MR) is 50.9 cm³/mol. The molecular formula is C9H16OS. The molecule has 0 bridgehead atoms. The summed E-state index contributed by atoms with van der Waals surface area (Å²) in [7, 11) is 0. The minimum Gasteiger partial charge on any atom is -0.395 e. The smallest absolute Gasteiger partial charge is 0.0578 e. The van der Waals surface area contributed by atoms with Crippen molar-refractivity contribution < 1.29 is 5.11 Å². The summed E-state index contributed by atoms with van der Waals surface area (Å²) >= 11 is 1.85. The van der Waals surface area contributed by atoms with Crippen LogP contribution in [0, 0.1) is 0 Å². The van der Waals surface area contributed by atoms with Gasteiger partial charge in [0.2, 0.25) is 0 Å². The van der Waals surface area contributed by atoms with Crippen LogP contribution in [-0.2, 0) is 0 Å². The van der Waals surface area contributed by atoms with Crippen molar-refractivity contribution in [2.24, 2.45) is 0 Å². The molecule has 11 heavy (non-hydrogen) atoms. The molecule has 0 aromatic heterocycles. The van der Waals surface area contributed by atoms with Gasteiger partial charge in [0.15, 0.2) is 0 Å². The van der Waals surface area contributed by atoms with E-state index in [1.54, 1.807) is 0 Å². The van der Waals surface area contributed by atoms with Crippen molar-refractivity contribution in [2.45, 2.75) is 36.2 Å². The Morgan fingerprint density at radius 1 is 1.64 bits per heavy atom. The Morgan fingerprint density at radius 2 is 2.18 bits per heavy atom. The molecule has 1 aliphatic rings. The van der Waals surface area contributed by atoms with Crippen molar-refractivity contribution in [3.05, 3.63) is 12.7 Å². The van der Waals surface area contributed by atoms with Gasteiger partial charge in [-0.15, -0.1) is 18.3 Å². The number of thioether (sulfide) groups is 1. The molecule has 1 rings (SSSR count). The molecule has 1 N–H and O–H groups in total. The van der Waals surface area contributed by atoms with Crippen molar-refractivity contribution in [1.29, 1.82) is 0 Å². The van der Waals surface area contributed by atoms with E-state index in [4.69, 9.17) is 5.11 Å². The highest BCUT2D eigenvalue weighted by molar-refractivity contribution is 8.02. The lowest BCUT2D eigenvalue weighted by molar-refractivity contribution is 0.288. The van der Waals surface area contributed by atoms with Gasteiger partial charge in [-0.1, -0.05) is 6.08 Å². The van der Waals surface area contributed by atoms with Crippen LogP contribution in [0.15, 0.2) is 12.7 Å². The second-order valence-corrected chi connectivity index (χ2v) is 5.87. The predicted octanol–water partition coefficient (Wildman–Crippen LogP) is 2.21. The Bertz CT molecular complexity index is 159. The monoisotopic (exact) mass is 172 g/mol. The zero-order valence-electron chi connectivity index (χ0n) is 7.26. The number of aliphatic hydroxyl groups excluding tert-OH is 1. The number of rotatable bonds is 4. The Kier molecular flexibility index (Phi) is 2.35. The van der Waals surface area contributed by atoms with Crippen LogP contribution in [0.1, 0.15) is 26.7 Å². The zero-order chi connectivity index (χ0) is 8.54. The van der Waals surface area contributed by atoms with Gasteiger partial charge in [-0.05, 0) is 26.7 Å². The first kappa shape index (κ1) is 9.14. The highest BCUT2D eigenvalue weighted by atomic mass is 32.2. The molecule has 0 radical (unpaired) electrons. The summed E-state index contributed by atoms with van der Waals surface area (Å²) in [5.74, 6) is 0. The topological polar surface area (TPSA) is 20.2 Å². The first-order chi connectivity index (χ1) is 5.04. The standard InChI is InChI=1S/C9H16OS/c1-4-8(2,3)11-9(7-10)5-6-9/h4,10H,1,5-7H2,2-3H3. The summed E-state index contributed by atoms with van der Waals surface area (Å²) in [6, 6.07) is 0. The molecule has 0 heterocycles.